The number of ether oxygens (including phenoxy) is 2. The van der Waals surface area contributed by atoms with Gasteiger partial charge in [-0.25, -0.2) is 0 Å². The summed E-state index contributed by atoms with van der Waals surface area (Å²) in [4.78, 5) is 0. The predicted molar refractivity (Wildman–Crippen MR) is 65.1 cm³/mol. The number of hydrogen-bond acceptors (Lipinski definition) is 4. The van der Waals surface area contributed by atoms with Gasteiger partial charge < -0.3 is 20.3 Å². The first kappa shape index (κ1) is 12.4. The zero-order valence-electron chi connectivity index (χ0n) is 9.89. The Balaban J connectivity index is 2.03. The average Bonchev–Trinajstić information content (AvgIpc) is 2.82. The minimum atomic E-state index is -0.0903. The molecule has 0 radical (unpaired) electrons. The Morgan fingerprint density at radius 3 is 3.12 bits per heavy atom. The first-order valence-electron chi connectivity index (χ1n) is 6.03. The molecule has 0 amide bonds. The summed E-state index contributed by atoms with van der Waals surface area (Å²) >= 11 is 0. The molecule has 1 aliphatic heterocycles. The van der Waals surface area contributed by atoms with Crippen LogP contribution in [0.15, 0.2) is 18.2 Å². The number of aliphatic hydroxyl groups excluding tert-OH is 1. The molecule has 17 heavy (non-hydrogen) atoms. The Kier molecular flexibility index (Phi) is 4.36. The van der Waals surface area contributed by atoms with Crippen LogP contribution < -0.4 is 10.5 Å². The number of benzene rings is 1. The van der Waals surface area contributed by atoms with Crippen molar-refractivity contribution >= 4 is 0 Å². The first-order chi connectivity index (χ1) is 8.35. The highest BCUT2D eigenvalue weighted by atomic mass is 16.5. The van der Waals surface area contributed by atoms with Gasteiger partial charge in [-0.3, -0.25) is 0 Å². The lowest BCUT2D eigenvalue weighted by Crippen LogP contribution is -2.17. The Hall–Kier alpha value is -1.10. The standard InChI is InChI=1S/C13H19NO3/c14-9-13(16-6-1-5-15)10-2-3-12-11(8-10)4-7-17-12/h2-3,8,13,15H,1,4-7,9,14H2. The third kappa shape index (κ3) is 2.97. The summed E-state index contributed by atoms with van der Waals surface area (Å²) in [5, 5.41) is 8.72. The van der Waals surface area contributed by atoms with Crippen LogP contribution in [0.1, 0.15) is 23.7 Å². The van der Waals surface area contributed by atoms with Crippen molar-refractivity contribution in [1.29, 1.82) is 0 Å². The maximum absolute atomic E-state index is 8.72. The van der Waals surface area contributed by atoms with Gasteiger partial charge in [-0.1, -0.05) is 6.07 Å². The highest BCUT2D eigenvalue weighted by Crippen LogP contribution is 2.29. The molecule has 1 aromatic rings. The van der Waals surface area contributed by atoms with Crippen molar-refractivity contribution in [1.82, 2.24) is 0 Å². The molecule has 0 spiro atoms. The molecule has 3 N–H and O–H groups in total. The van der Waals surface area contributed by atoms with Crippen LogP contribution in [0.4, 0.5) is 0 Å². The zero-order chi connectivity index (χ0) is 12.1. The van der Waals surface area contributed by atoms with Gasteiger partial charge in [-0.2, -0.15) is 0 Å². The molecule has 1 unspecified atom stereocenters. The summed E-state index contributed by atoms with van der Waals surface area (Å²) < 4.78 is 11.1. The third-order valence-corrected chi connectivity index (χ3v) is 2.92. The summed E-state index contributed by atoms with van der Waals surface area (Å²) in [5.41, 5.74) is 8.03. The monoisotopic (exact) mass is 237 g/mol. The fraction of sp³-hybridized carbons (Fsp3) is 0.538. The first-order valence-corrected chi connectivity index (χ1v) is 6.03. The molecule has 4 heteroatoms. The molecule has 1 aliphatic rings. The van der Waals surface area contributed by atoms with Crippen molar-refractivity contribution in [2.75, 3.05) is 26.4 Å². The zero-order valence-corrected chi connectivity index (χ0v) is 9.89. The number of aliphatic hydroxyl groups is 1. The van der Waals surface area contributed by atoms with Gasteiger partial charge in [0.1, 0.15) is 5.75 Å². The largest absolute Gasteiger partial charge is 0.493 e. The molecule has 94 valence electrons. The van der Waals surface area contributed by atoms with Crippen molar-refractivity contribution in [2.24, 2.45) is 5.73 Å². The molecular formula is C13H19NO3. The third-order valence-electron chi connectivity index (χ3n) is 2.92. The molecule has 1 aromatic carbocycles. The van der Waals surface area contributed by atoms with Crippen LogP contribution in [0, 0.1) is 0 Å². The lowest BCUT2D eigenvalue weighted by molar-refractivity contribution is 0.0488. The fourth-order valence-corrected chi connectivity index (χ4v) is 2.00. The van der Waals surface area contributed by atoms with Gasteiger partial charge in [0, 0.05) is 26.2 Å². The van der Waals surface area contributed by atoms with Gasteiger partial charge in [-0.15, -0.1) is 0 Å². The van der Waals surface area contributed by atoms with Crippen LogP contribution in [-0.2, 0) is 11.2 Å². The van der Waals surface area contributed by atoms with Gasteiger partial charge in [-0.05, 0) is 29.7 Å². The summed E-state index contributed by atoms with van der Waals surface area (Å²) in [6, 6.07) is 6.09. The van der Waals surface area contributed by atoms with Crippen molar-refractivity contribution in [3.05, 3.63) is 29.3 Å². The number of fused-ring (bicyclic) bond motifs is 1. The van der Waals surface area contributed by atoms with E-state index in [2.05, 4.69) is 6.07 Å². The van der Waals surface area contributed by atoms with Gasteiger partial charge in [0.2, 0.25) is 0 Å². The van der Waals surface area contributed by atoms with Crippen molar-refractivity contribution < 1.29 is 14.6 Å². The quantitative estimate of drug-likeness (QED) is 0.725. The van der Waals surface area contributed by atoms with E-state index >= 15 is 0 Å². The minimum Gasteiger partial charge on any atom is -0.493 e. The van der Waals surface area contributed by atoms with Crippen molar-refractivity contribution in [3.63, 3.8) is 0 Å². The maximum Gasteiger partial charge on any atom is 0.122 e. The van der Waals surface area contributed by atoms with E-state index in [9.17, 15) is 0 Å². The summed E-state index contributed by atoms with van der Waals surface area (Å²) in [6.45, 7) is 1.89. The van der Waals surface area contributed by atoms with E-state index < -0.39 is 0 Å². The van der Waals surface area contributed by atoms with E-state index in [0.717, 1.165) is 24.3 Å². The van der Waals surface area contributed by atoms with Gasteiger partial charge in [0.05, 0.1) is 12.7 Å². The second-order valence-corrected chi connectivity index (χ2v) is 4.14. The molecule has 0 fully saturated rings. The summed E-state index contributed by atoms with van der Waals surface area (Å²) in [5.74, 6) is 0.972. The van der Waals surface area contributed by atoms with Gasteiger partial charge in [0.25, 0.3) is 0 Å². The highest BCUT2D eigenvalue weighted by Gasteiger charge is 2.16. The van der Waals surface area contributed by atoms with E-state index in [0.29, 0.717) is 19.6 Å². The molecular weight excluding hydrogens is 218 g/mol. The molecule has 1 heterocycles. The Morgan fingerprint density at radius 2 is 2.35 bits per heavy atom. The number of hydrogen-bond donors (Lipinski definition) is 2. The molecule has 0 aliphatic carbocycles. The lowest BCUT2D eigenvalue weighted by atomic mass is 10.0. The average molecular weight is 237 g/mol. The van der Waals surface area contributed by atoms with E-state index in [1.165, 1.54) is 5.56 Å². The van der Waals surface area contributed by atoms with E-state index in [1.807, 2.05) is 12.1 Å². The molecule has 0 saturated carbocycles. The van der Waals surface area contributed by atoms with Crippen LogP contribution in [0.2, 0.25) is 0 Å². The Labute approximate surface area is 101 Å². The smallest absolute Gasteiger partial charge is 0.122 e. The SMILES string of the molecule is NCC(OCCCO)c1ccc2c(c1)CCO2. The number of rotatable bonds is 6. The highest BCUT2D eigenvalue weighted by molar-refractivity contribution is 5.40. The van der Waals surface area contributed by atoms with Crippen molar-refractivity contribution in [2.45, 2.75) is 18.9 Å². The predicted octanol–water partition coefficient (Wildman–Crippen LogP) is 1.02. The van der Waals surface area contributed by atoms with Gasteiger partial charge in [0.15, 0.2) is 0 Å². The number of nitrogens with two attached hydrogens (primary N) is 1. The molecule has 4 nitrogen and oxygen atoms in total. The molecule has 0 bridgehead atoms. The Morgan fingerprint density at radius 1 is 1.47 bits per heavy atom. The van der Waals surface area contributed by atoms with Crippen LogP contribution in [-0.4, -0.2) is 31.5 Å². The maximum atomic E-state index is 8.72. The summed E-state index contributed by atoms with van der Waals surface area (Å²) in [6.07, 6.45) is 1.51. The molecule has 0 saturated heterocycles. The Bertz CT molecular complexity index is 368. The van der Waals surface area contributed by atoms with Crippen LogP contribution in [0.25, 0.3) is 0 Å². The lowest BCUT2D eigenvalue weighted by Gasteiger charge is -2.16. The van der Waals surface area contributed by atoms with Gasteiger partial charge >= 0.3 is 0 Å². The second kappa shape index (κ2) is 6.00. The second-order valence-electron chi connectivity index (χ2n) is 4.14. The molecule has 2 rings (SSSR count). The van der Waals surface area contributed by atoms with Crippen molar-refractivity contribution in [3.8, 4) is 5.75 Å². The molecule has 1 atom stereocenters. The van der Waals surface area contributed by atoms with E-state index in [1.54, 1.807) is 0 Å². The van der Waals surface area contributed by atoms with Crippen LogP contribution in [0.5, 0.6) is 5.75 Å². The fourth-order valence-electron chi connectivity index (χ4n) is 2.00. The van der Waals surface area contributed by atoms with E-state index in [-0.39, 0.29) is 12.7 Å². The molecule has 0 aromatic heterocycles. The topological polar surface area (TPSA) is 64.7 Å². The van der Waals surface area contributed by atoms with E-state index in [4.69, 9.17) is 20.3 Å². The van der Waals surface area contributed by atoms with Crippen LogP contribution >= 0.6 is 0 Å². The summed E-state index contributed by atoms with van der Waals surface area (Å²) in [7, 11) is 0. The minimum absolute atomic E-state index is 0.0903. The van der Waals surface area contributed by atoms with Crippen LogP contribution in [0.3, 0.4) is 0 Å². The normalized spacial score (nSPS) is 15.4.